The van der Waals surface area contributed by atoms with Crippen LogP contribution in [0.5, 0.6) is 0 Å². The van der Waals surface area contributed by atoms with Crippen molar-refractivity contribution in [2.75, 3.05) is 26.8 Å². The zero-order valence-electron chi connectivity index (χ0n) is 22.2. The fourth-order valence-electron chi connectivity index (χ4n) is 5.90. The van der Waals surface area contributed by atoms with Gasteiger partial charge < -0.3 is 20.1 Å². The molecule has 3 aliphatic heterocycles. The molecule has 1 amide bonds. The summed E-state index contributed by atoms with van der Waals surface area (Å²) in [6, 6.07) is 8.21. The maximum absolute atomic E-state index is 14.7. The summed E-state index contributed by atoms with van der Waals surface area (Å²) in [5, 5.41) is 14.0. The summed E-state index contributed by atoms with van der Waals surface area (Å²) in [6.07, 6.45) is 2.01. The molecule has 0 aliphatic carbocycles. The van der Waals surface area contributed by atoms with Gasteiger partial charge in [-0.05, 0) is 66.5 Å². The number of benzene rings is 2. The quantitative estimate of drug-likeness (QED) is 0.440. The molecule has 2 aromatic carbocycles. The van der Waals surface area contributed by atoms with Crippen LogP contribution in [0.1, 0.15) is 46.3 Å². The van der Waals surface area contributed by atoms with Gasteiger partial charge in [0.15, 0.2) is 0 Å². The fourth-order valence-corrected chi connectivity index (χ4v) is 7.09. The van der Waals surface area contributed by atoms with E-state index < -0.39 is 24.9 Å². The number of allylic oxidation sites excluding steroid dienone is 1. The monoisotopic (exact) mass is 587 g/mol. The minimum Gasteiger partial charge on any atom is -0.376 e. The summed E-state index contributed by atoms with van der Waals surface area (Å²) in [5.41, 5.74) is 6.98. The summed E-state index contributed by atoms with van der Waals surface area (Å²) in [4.78, 5) is 25.2. The van der Waals surface area contributed by atoms with Crippen LogP contribution in [0, 0.1) is 23.0 Å². The second-order valence-electron chi connectivity index (χ2n) is 10.6. The first kappa shape index (κ1) is 28.3. The van der Waals surface area contributed by atoms with Crippen molar-refractivity contribution in [3.8, 4) is 6.07 Å². The minimum atomic E-state index is -3.40. The minimum absolute atomic E-state index is 0.0594. The molecule has 3 unspecified atom stereocenters. The number of likely N-dealkylation sites (tertiary alicyclic amines) is 1. The maximum atomic E-state index is 14.7. The molecule has 0 aromatic heterocycles. The third kappa shape index (κ3) is 5.39. The predicted octanol–water partition coefficient (Wildman–Crippen LogP) is 4.58. The van der Waals surface area contributed by atoms with Crippen molar-refractivity contribution in [3.63, 3.8) is 0 Å². The summed E-state index contributed by atoms with van der Waals surface area (Å²) in [5.74, 6) is -1.83. The van der Waals surface area contributed by atoms with E-state index >= 15 is 0 Å². The molecular formula is C28H29ClF2N5O3P. The maximum Gasteiger partial charge on any atom is 0.255 e. The van der Waals surface area contributed by atoms with E-state index in [1.54, 1.807) is 29.1 Å². The summed E-state index contributed by atoms with van der Waals surface area (Å²) in [7, 11) is -1.60. The number of fused-ring (bicyclic) bond motifs is 1. The lowest BCUT2D eigenvalue weighted by atomic mass is 9.89. The normalized spacial score (nSPS) is 23.9. The zero-order chi connectivity index (χ0) is 28.9. The molecule has 1 saturated heterocycles. The second-order valence-corrected chi connectivity index (χ2v) is 13.4. The largest absolute Gasteiger partial charge is 0.376 e. The van der Waals surface area contributed by atoms with Crippen LogP contribution in [0.15, 0.2) is 47.7 Å². The Hall–Kier alpha value is -3.22. The SMILES string of the molecule is C[C@H]1C2NN(C)C(c3cc(F)cc(CP(C)(=O)O)c3)=C2CCN1C(=O)c1cc(F)cc(C2C=C(C#N)NC2)c1Cl. The van der Waals surface area contributed by atoms with Crippen molar-refractivity contribution in [2.45, 2.75) is 37.5 Å². The molecule has 1 fully saturated rings. The van der Waals surface area contributed by atoms with E-state index in [-0.39, 0.29) is 34.7 Å². The molecule has 12 heteroatoms. The Morgan fingerprint density at radius 3 is 2.65 bits per heavy atom. The van der Waals surface area contributed by atoms with Gasteiger partial charge in [-0.2, -0.15) is 5.26 Å². The van der Waals surface area contributed by atoms with Gasteiger partial charge in [-0.25, -0.2) is 14.2 Å². The molecule has 5 rings (SSSR count). The molecule has 2 aromatic rings. The van der Waals surface area contributed by atoms with Gasteiger partial charge >= 0.3 is 0 Å². The number of hydrogen-bond donors (Lipinski definition) is 3. The number of carbonyl (C=O) groups excluding carboxylic acids is 1. The lowest BCUT2D eigenvalue weighted by Gasteiger charge is -2.39. The molecule has 4 atom stereocenters. The van der Waals surface area contributed by atoms with E-state index in [0.717, 1.165) is 17.3 Å². The summed E-state index contributed by atoms with van der Waals surface area (Å²) in [6.45, 7) is 3.84. The Kier molecular flexibility index (Phi) is 7.53. The van der Waals surface area contributed by atoms with Crippen molar-refractivity contribution >= 4 is 30.6 Å². The van der Waals surface area contributed by atoms with Crippen molar-refractivity contribution in [2.24, 2.45) is 0 Å². The van der Waals surface area contributed by atoms with Gasteiger partial charge in [-0.15, -0.1) is 0 Å². The highest BCUT2D eigenvalue weighted by Gasteiger charge is 2.42. The Bertz CT molecular complexity index is 1550. The molecule has 0 spiro atoms. The van der Waals surface area contributed by atoms with Gasteiger partial charge in [0.1, 0.15) is 23.4 Å². The van der Waals surface area contributed by atoms with Crippen molar-refractivity contribution in [1.82, 2.24) is 20.7 Å². The van der Waals surface area contributed by atoms with Crippen LogP contribution in [-0.4, -0.2) is 59.6 Å². The molecule has 3 heterocycles. The number of carbonyl (C=O) groups is 1. The number of nitrogens with one attached hydrogen (secondary N) is 2. The zero-order valence-corrected chi connectivity index (χ0v) is 23.9. The third-order valence-electron chi connectivity index (χ3n) is 7.61. The lowest BCUT2D eigenvalue weighted by molar-refractivity contribution is 0.0618. The molecule has 8 nitrogen and oxygen atoms in total. The molecule has 3 aliphatic rings. The average molecular weight is 588 g/mol. The second kappa shape index (κ2) is 10.6. The van der Waals surface area contributed by atoms with Crippen molar-refractivity contribution < 1.29 is 23.0 Å². The summed E-state index contributed by atoms with van der Waals surface area (Å²) < 4.78 is 41.2. The van der Waals surface area contributed by atoms with Crippen LogP contribution < -0.4 is 10.7 Å². The smallest absolute Gasteiger partial charge is 0.255 e. The Balaban J connectivity index is 1.44. The van der Waals surface area contributed by atoms with Gasteiger partial charge in [0, 0.05) is 44.4 Å². The number of hydrogen-bond acceptors (Lipinski definition) is 6. The van der Waals surface area contributed by atoms with E-state index in [0.29, 0.717) is 41.9 Å². The molecule has 210 valence electrons. The van der Waals surface area contributed by atoms with Crippen LogP contribution in [0.2, 0.25) is 5.02 Å². The number of halogens is 3. The topological polar surface area (TPSA) is 109 Å². The van der Waals surface area contributed by atoms with E-state index in [9.17, 15) is 23.0 Å². The molecule has 0 saturated carbocycles. The number of amides is 1. The number of nitrogens with zero attached hydrogens (tertiary/aromatic N) is 3. The fraction of sp³-hybridized carbons (Fsp3) is 0.357. The first-order valence-corrected chi connectivity index (χ1v) is 15.5. The highest BCUT2D eigenvalue weighted by molar-refractivity contribution is 7.56. The molecule has 0 radical (unpaired) electrons. The van der Waals surface area contributed by atoms with E-state index in [1.807, 2.05) is 13.0 Å². The Morgan fingerprint density at radius 2 is 1.98 bits per heavy atom. The van der Waals surface area contributed by atoms with E-state index in [1.165, 1.54) is 24.9 Å². The van der Waals surface area contributed by atoms with Gasteiger partial charge in [-0.3, -0.25) is 9.36 Å². The van der Waals surface area contributed by atoms with Gasteiger partial charge in [0.05, 0.1) is 28.4 Å². The van der Waals surface area contributed by atoms with Crippen LogP contribution in [0.3, 0.4) is 0 Å². The van der Waals surface area contributed by atoms with Crippen molar-refractivity contribution in [1.29, 1.82) is 5.26 Å². The lowest BCUT2D eigenvalue weighted by Crippen LogP contribution is -2.55. The highest BCUT2D eigenvalue weighted by Crippen LogP contribution is 2.42. The van der Waals surface area contributed by atoms with Crippen molar-refractivity contribution in [3.05, 3.63) is 86.6 Å². The average Bonchev–Trinajstić information content (AvgIpc) is 3.48. The van der Waals surface area contributed by atoms with Gasteiger partial charge in [0.2, 0.25) is 7.37 Å². The third-order valence-corrected chi connectivity index (χ3v) is 8.98. The van der Waals surface area contributed by atoms with Crippen LogP contribution in [-0.2, 0) is 10.7 Å². The number of nitriles is 1. The highest BCUT2D eigenvalue weighted by atomic mass is 35.5. The molecular weight excluding hydrogens is 559 g/mol. The molecule has 0 bridgehead atoms. The van der Waals surface area contributed by atoms with Crippen LogP contribution in [0.4, 0.5) is 8.78 Å². The molecule has 3 N–H and O–H groups in total. The molecule has 40 heavy (non-hydrogen) atoms. The Labute approximate surface area is 236 Å². The first-order valence-electron chi connectivity index (χ1n) is 12.8. The number of piperidine rings is 1. The predicted molar refractivity (Wildman–Crippen MR) is 148 cm³/mol. The first-order chi connectivity index (χ1) is 18.9. The van der Waals surface area contributed by atoms with Crippen LogP contribution >= 0.6 is 19.0 Å². The van der Waals surface area contributed by atoms with E-state index in [4.69, 9.17) is 16.9 Å². The standard InChI is InChI=1S/C28H29ClF2N5O3P/c1-15-26-22(27(35(2)34-26)17-6-16(7-19(30)8-17)14-40(3,38)39)4-5-36(15)28(37)24-11-20(31)10-23(25(24)29)18-9-21(12-32)33-13-18/h6-11,15,18,26,33-34H,4-5,13-14H2,1-3H3,(H,38,39)/t15-,18?,26?/m0/s1. The Morgan fingerprint density at radius 1 is 1.25 bits per heavy atom. The van der Waals surface area contributed by atoms with Gasteiger partial charge in [0.25, 0.3) is 5.91 Å². The van der Waals surface area contributed by atoms with Gasteiger partial charge in [-0.1, -0.05) is 11.6 Å². The van der Waals surface area contributed by atoms with E-state index in [2.05, 4.69) is 10.7 Å². The summed E-state index contributed by atoms with van der Waals surface area (Å²) >= 11 is 6.67. The van der Waals surface area contributed by atoms with Crippen LogP contribution in [0.25, 0.3) is 5.70 Å². The number of rotatable bonds is 5. The number of hydrazine groups is 1.